The molecule has 2 atom stereocenters. The quantitative estimate of drug-likeness (QED) is 0.112. The number of amides is 3. The van der Waals surface area contributed by atoms with Crippen molar-refractivity contribution >= 4 is 41.2 Å². The number of ketones is 1. The fraction of sp³-hybridized carbons (Fsp3) is 0.217. The van der Waals surface area contributed by atoms with Gasteiger partial charge in [0.15, 0.2) is 11.8 Å². The van der Waals surface area contributed by atoms with E-state index in [1.807, 2.05) is 5.48 Å². The second-order valence-corrected chi connectivity index (χ2v) is 7.58. The van der Waals surface area contributed by atoms with E-state index in [1.54, 1.807) is 30.3 Å². The fourth-order valence-corrected chi connectivity index (χ4v) is 3.07. The minimum absolute atomic E-state index is 0.0381. The van der Waals surface area contributed by atoms with Gasteiger partial charge >= 0.3 is 18.0 Å². The lowest BCUT2D eigenvalue weighted by Gasteiger charge is -2.30. The predicted octanol–water partition coefficient (Wildman–Crippen LogP) is 0.0209. The monoisotopic (exact) mass is 498 g/mol. The average molecular weight is 498 g/mol. The van der Waals surface area contributed by atoms with Crippen molar-refractivity contribution in [1.82, 2.24) is 10.8 Å². The molecule has 0 bridgehead atoms. The van der Waals surface area contributed by atoms with Crippen molar-refractivity contribution in [3.05, 3.63) is 65.7 Å². The van der Waals surface area contributed by atoms with Gasteiger partial charge in [-0.25, -0.2) is 9.59 Å². The van der Waals surface area contributed by atoms with Crippen LogP contribution in [0.1, 0.15) is 24.5 Å². The van der Waals surface area contributed by atoms with Gasteiger partial charge in [-0.15, -0.1) is 0 Å². The second kappa shape index (κ2) is 12.6. The highest BCUT2D eigenvalue weighted by Gasteiger charge is 2.39. The number of carbonyl (C=O) groups excluding carboxylic acids is 4. The molecule has 0 heterocycles. The molecule has 0 saturated heterocycles. The number of urea groups is 1. The zero-order chi connectivity index (χ0) is 26.8. The summed E-state index contributed by atoms with van der Waals surface area (Å²) in [5.41, 5.74) is 14.2. The van der Waals surface area contributed by atoms with Gasteiger partial charge in [0.1, 0.15) is 5.84 Å². The molecule has 0 aromatic heterocycles. The molecule has 0 unspecified atom stereocenters. The minimum atomic E-state index is -1.85. The molecule has 13 nitrogen and oxygen atoms in total. The van der Waals surface area contributed by atoms with Crippen LogP contribution in [0.3, 0.4) is 0 Å². The van der Waals surface area contributed by atoms with Crippen molar-refractivity contribution in [3.8, 4) is 0 Å². The van der Waals surface area contributed by atoms with Crippen LogP contribution in [0.2, 0.25) is 0 Å². The van der Waals surface area contributed by atoms with E-state index in [0.29, 0.717) is 11.1 Å². The van der Waals surface area contributed by atoms with Crippen molar-refractivity contribution in [2.45, 2.75) is 32.0 Å². The summed E-state index contributed by atoms with van der Waals surface area (Å²) < 4.78 is 0. The highest BCUT2D eigenvalue weighted by atomic mass is 16.7. The van der Waals surface area contributed by atoms with Gasteiger partial charge in [-0.2, -0.15) is 5.48 Å². The van der Waals surface area contributed by atoms with Crippen molar-refractivity contribution in [2.75, 3.05) is 4.90 Å². The molecule has 0 spiro atoms. The fourth-order valence-electron chi connectivity index (χ4n) is 3.07. The third-order valence-electron chi connectivity index (χ3n) is 4.81. The molecule has 2 aromatic carbocycles. The first-order valence-corrected chi connectivity index (χ1v) is 10.5. The molecule has 2 aromatic rings. The van der Waals surface area contributed by atoms with E-state index in [-0.39, 0.29) is 18.1 Å². The van der Waals surface area contributed by atoms with Gasteiger partial charge in [-0.1, -0.05) is 42.5 Å². The molecule has 36 heavy (non-hydrogen) atoms. The number of carboxylic acids is 1. The normalized spacial score (nSPS) is 11.9. The molecule has 0 radical (unpaired) electrons. The van der Waals surface area contributed by atoms with Crippen LogP contribution in [0, 0.1) is 5.41 Å². The number of aliphatic carboxylic acids is 1. The van der Waals surface area contributed by atoms with E-state index >= 15 is 0 Å². The number of carbonyl (C=O) groups is 5. The smallest absolute Gasteiger partial charge is 0.362 e. The molecule has 13 heteroatoms. The van der Waals surface area contributed by atoms with Gasteiger partial charge in [0, 0.05) is 17.8 Å². The summed E-state index contributed by atoms with van der Waals surface area (Å²) in [5.74, 6) is -4.55. The number of anilines is 1. The lowest BCUT2D eigenvalue weighted by molar-refractivity contribution is -0.153. The number of nitrogens with zero attached hydrogens (tertiary/aromatic N) is 1. The van der Waals surface area contributed by atoms with Gasteiger partial charge < -0.3 is 26.7 Å². The molecule has 8 N–H and O–H groups in total. The summed E-state index contributed by atoms with van der Waals surface area (Å²) in [6, 6.07) is 9.70. The molecule has 0 aliphatic carbocycles. The first kappa shape index (κ1) is 27.5. The number of benzene rings is 2. The maximum atomic E-state index is 12.9. The Morgan fingerprint density at radius 1 is 1.06 bits per heavy atom. The standard InChI is InChI=1S/C23H26N6O7/c1-13(30)19(29(16-5-3-2-4-6-16)21(33)17(24)11-18(31)32)22(34)36-28-23(35)27-12-14-7-9-15(10-8-14)20(25)26/h2-10,17,19H,11-12,24H2,1H3,(H3,25,26)(H,31,32)(H2,27,28,35)/t17-,19-/m0/s1. The summed E-state index contributed by atoms with van der Waals surface area (Å²) in [5, 5.41) is 18.8. The number of carboxylic acid groups (broad SMARTS) is 1. The molecular weight excluding hydrogens is 472 g/mol. The van der Waals surface area contributed by atoms with Crippen LogP contribution in [0.4, 0.5) is 10.5 Å². The Balaban J connectivity index is 2.11. The summed E-state index contributed by atoms with van der Waals surface area (Å²) in [6.07, 6.45) is -0.740. The van der Waals surface area contributed by atoms with Gasteiger partial charge in [-0.3, -0.25) is 24.7 Å². The van der Waals surface area contributed by atoms with E-state index in [2.05, 4.69) is 5.32 Å². The Bertz CT molecular complexity index is 1140. The van der Waals surface area contributed by atoms with Gasteiger partial charge in [0.2, 0.25) is 5.91 Å². The molecule has 0 aliphatic rings. The summed E-state index contributed by atoms with van der Waals surface area (Å²) in [7, 11) is 0. The van der Waals surface area contributed by atoms with Crippen molar-refractivity contribution < 1.29 is 33.9 Å². The highest BCUT2D eigenvalue weighted by Crippen LogP contribution is 2.20. The molecule has 0 saturated carbocycles. The van der Waals surface area contributed by atoms with Crippen LogP contribution < -0.4 is 27.2 Å². The Morgan fingerprint density at radius 2 is 1.67 bits per heavy atom. The first-order chi connectivity index (χ1) is 17.0. The molecule has 3 amide bonds. The summed E-state index contributed by atoms with van der Waals surface area (Å²) in [6.45, 7) is 1.07. The molecular formula is C23H26N6O7. The number of amidine groups is 1. The van der Waals surface area contributed by atoms with Crippen LogP contribution in [0.25, 0.3) is 0 Å². The van der Waals surface area contributed by atoms with Crippen LogP contribution in [0.5, 0.6) is 0 Å². The second-order valence-electron chi connectivity index (χ2n) is 7.58. The minimum Gasteiger partial charge on any atom is -0.481 e. The number of rotatable bonds is 10. The largest absolute Gasteiger partial charge is 0.481 e. The third-order valence-corrected chi connectivity index (χ3v) is 4.81. The predicted molar refractivity (Wildman–Crippen MR) is 128 cm³/mol. The van der Waals surface area contributed by atoms with Gasteiger partial charge in [0.25, 0.3) is 0 Å². The van der Waals surface area contributed by atoms with Crippen molar-refractivity contribution in [2.24, 2.45) is 11.5 Å². The lowest BCUT2D eigenvalue weighted by atomic mass is 10.1. The van der Waals surface area contributed by atoms with Crippen molar-refractivity contribution in [3.63, 3.8) is 0 Å². The number of hydrogen-bond donors (Lipinski definition) is 6. The topological polar surface area (TPSA) is 218 Å². The summed E-state index contributed by atoms with van der Waals surface area (Å²) >= 11 is 0. The van der Waals surface area contributed by atoms with Crippen LogP contribution in [0.15, 0.2) is 54.6 Å². The Kier molecular flexibility index (Phi) is 9.63. The Labute approximate surface area is 205 Å². The number of hydroxylamine groups is 1. The van der Waals surface area contributed by atoms with Crippen molar-refractivity contribution in [1.29, 1.82) is 5.41 Å². The zero-order valence-corrected chi connectivity index (χ0v) is 19.3. The van der Waals surface area contributed by atoms with E-state index in [4.69, 9.17) is 26.8 Å². The third kappa shape index (κ3) is 7.63. The number of Topliss-reactive ketones (excluding diaryl/α,β-unsaturated/α-hetero) is 1. The molecule has 0 aliphatic heterocycles. The highest BCUT2D eigenvalue weighted by molar-refractivity contribution is 6.13. The SMILES string of the molecule is CC(=O)[C@@H](C(=O)ONC(=O)NCc1ccc(C(=N)N)cc1)N(C(=O)[C@@H](N)CC(=O)O)c1ccccc1. The molecule has 190 valence electrons. The first-order valence-electron chi connectivity index (χ1n) is 10.5. The molecule has 0 fully saturated rings. The average Bonchev–Trinajstić information content (AvgIpc) is 2.84. The van der Waals surface area contributed by atoms with Gasteiger partial charge in [0.05, 0.1) is 12.5 Å². The number of hydrogen-bond acceptors (Lipinski definition) is 8. The Morgan fingerprint density at radius 3 is 2.19 bits per heavy atom. The maximum Gasteiger partial charge on any atom is 0.362 e. The summed E-state index contributed by atoms with van der Waals surface area (Å²) in [4.78, 5) is 66.7. The number of para-hydroxylation sites is 1. The van der Waals surface area contributed by atoms with Crippen LogP contribution in [-0.4, -0.2) is 52.7 Å². The van der Waals surface area contributed by atoms with E-state index in [1.165, 1.54) is 24.3 Å². The van der Waals surface area contributed by atoms with Crippen LogP contribution in [-0.2, 0) is 30.6 Å². The lowest BCUT2D eigenvalue weighted by Crippen LogP contribution is -2.56. The van der Waals surface area contributed by atoms with E-state index in [9.17, 15) is 24.0 Å². The number of nitrogen functional groups attached to an aromatic ring is 1. The number of nitrogens with one attached hydrogen (secondary N) is 3. The number of nitrogens with two attached hydrogens (primary N) is 2. The maximum absolute atomic E-state index is 12.9. The van der Waals surface area contributed by atoms with Crippen LogP contribution >= 0.6 is 0 Å². The van der Waals surface area contributed by atoms with E-state index < -0.39 is 48.2 Å². The van der Waals surface area contributed by atoms with E-state index in [0.717, 1.165) is 11.8 Å². The Hall–Kier alpha value is -4.78. The molecule has 2 rings (SSSR count). The zero-order valence-electron chi connectivity index (χ0n) is 19.3. The van der Waals surface area contributed by atoms with Gasteiger partial charge in [-0.05, 0) is 24.6 Å².